The third-order valence-corrected chi connectivity index (χ3v) is 6.40. The minimum absolute atomic E-state index is 0.0764. The first kappa shape index (κ1) is 26.3. The topological polar surface area (TPSA) is 69.4 Å². The molecule has 2 aromatic carbocycles. The van der Waals surface area contributed by atoms with Gasteiger partial charge in [-0.3, -0.25) is 0 Å². The summed E-state index contributed by atoms with van der Waals surface area (Å²) in [5.74, 6) is 2.06. The molecule has 0 saturated heterocycles. The Morgan fingerprint density at radius 3 is 2.41 bits per heavy atom. The van der Waals surface area contributed by atoms with Crippen molar-refractivity contribution in [3.05, 3.63) is 70.5 Å². The fraction of sp³-hybridized carbons (Fsp3) is 0.440. The Labute approximate surface area is 209 Å². The van der Waals surface area contributed by atoms with Gasteiger partial charge >= 0.3 is 0 Å². The highest BCUT2D eigenvalue weighted by Gasteiger charge is 2.24. The molecule has 1 heterocycles. The second kappa shape index (κ2) is 11.9. The molecule has 1 N–H and O–H groups in total. The van der Waals surface area contributed by atoms with Gasteiger partial charge in [-0.05, 0) is 35.4 Å². The molecule has 0 unspecified atom stereocenters. The summed E-state index contributed by atoms with van der Waals surface area (Å²) >= 11 is 12.3. The van der Waals surface area contributed by atoms with Crippen LogP contribution in [-0.4, -0.2) is 45.3 Å². The van der Waals surface area contributed by atoms with E-state index in [1.54, 1.807) is 0 Å². The van der Waals surface area contributed by atoms with Crippen LogP contribution in [-0.2, 0) is 18.6 Å². The fourth-order valence-corrected chi connectivity index (χ4v) is 3.69. The molecule has 1 aromatic heterocycles. The zero-order chi connectivity index (χ0) is 24.7. The smallest absolute Gasteiger partial charge is 0.137 e. The molecule has 2 atom stereocenters. The number of nitrogens with zero attached hydrogens (tertiary/aromatic N) is 3. The third-order valence-electron chi connectivity index (χ3n) is 5.58. The average molecular weight is 509 g/mol. The zero-order valence-electron chi connectivity index (χ0n) is 19.5. The second-order valence-electron chi connectivity index (χ2n) is 8.90. The number of benzene rings is 2. The summed E-state index contributed by atoms with van der Waals surface area (Å²) in [6.07, 6.45) is 0.659. The lowest BCUT2D eigenvalue weighted by Crippen LogP contribution is -2.24. The van der Waals surface area contributed by atoms with Gasteiger partial charge in [-0.15, -0.1) is 16.7 Å². The summed E-state index contributed by atoms with van der Waals surface area (Å²) in [4.78, 5) is 0. The number of hydrogen-bond donors (Lipinski definition) is 1. The SMILES string of the molecule is C[C@H](CCl)COc1ccc(C(C)(C)c2ccc(OC[C@H](O)Cn3cc(C[18F])nn3)cc2)cc1Cl. The molecule has 0 aliphatic heterocycles. The van der Waals surface area contributed by atoms with Crippen molar-refractivity contribution in [2.45, 2.75) is 45.5 Å². The molecule has 6 nitrogen and oxygen atoms in total. The lowest BCUT2D eigenvalue weighted by Gasteiger charge is -2.27. The van der Waals surface area contributed by atoms with Crippen molar-refractivity contribution in [3.8, 4) is 11.5 Å². The van der Waals surface area contributed by atoms with Crippen molar-refractivity contribution in [1.82, 2.24) is 15.0 Å². The van der Waals surface area contributed by atoms with Crippen LogP contribution in [0.1, 0.15) is 37.6 Å². The Hall–Kier alpha value is -2.35. The van der Waals surface area contributed by atoms with E-state index in [2.05, 4.69) is 24.2 Å². The maximum atomic E-state index is 12.6. The van der Waals surface area contributed by atoms with Gasteiger partial charge in [-0.1, -0.05) is 55.8 Å². The number of alkyl halides is 2. The van der Waals surface area contributed by atoms with Crippen LogP contribution in [0.25, 0.3) is 0 Å². The molecule has 3 rings (SSSR count). The van der Waals surface area contributed by atoms with E-state index in [0.717, 1.165) is 11.1 Å². The molecule has 184 valence electrons. The molecule has 9 heteroatoms. The average Bonchev–Trinajstić information content (AvgIpc) is 3.29. The lowest BCUT2D eigenvalue weighted by molar-refractivity contribution is 0.0888. The van der Waals surface area contributed by atoms with Crippen molar-refractivity contribution in [2.24, 2.45) is 5.92 Å². The number of aliphatic hydroxyl groups excluding tert-OH is 1. The van der Waals surface area contributed by atoms with Crippen LogP contribution < -0.4 is 9.47 Å². The van der Waals surface area contributed by atoms with Crippen molar-refractivity contribution in [2.75, 3.05) is 19.1 Å². The Balaban J connectivity index is 1.59. The second-order valence-corrected chi connectivity index (χ2v) is 9.61. The largest absolute Gasteiger partial charge is 0.492 e. The molecule has 0 aliphatic carbocycles. The number of halogens is 3. The van der Waals surface area contributed by atoms with Crippen molar-refractivity contribution in [3.63, 3.8) is 0 Å². The molecule has 3 aromatic rings. The number of aromatic nitrogens is 3. The monoisotopic (exact) mass is 508 g/mol. The molecule has 0 spiro atoms. The van der Waals surface area contributed by atoms with E-state index in [4.69, 9.17) is 32.7 Å². The fourth-order valence-electron chi connectivity index (χ4n) is 3.37. The van der Waals surface area contributed by atoms with Gasteiger partial charge in [0.25, 0.3) is 0 Å². The van der Waals surface area contributed by atoms with E-state index in [-0.39, 0.29) is 30.2 Å². The van der Waals surface area contributed by atoms with E-state index in [0.29, 0.717) is 29.0 Å². The van der Waals surface area contributed by atoms with Gasteiger partial charge in [0, 0.05) is 17.2 Å². The molecule has 0 aliphatic rings. The molecule has 0 radical (unpaired) electrons. The Morgan fingerprint density at radius 2 is 1.79 bits per heavy atom. The van der Waals surface area contributed by atoms with Gasteiger partial charge < -0.3 is 14.6 Å². The lowest BCUT2D eigenvalue weighted by atomic mass is 9.78. The van der Waals surface area contributed by atoms with Crippen LogP contribution in [0.4, 0.5) is 4.39 Å². The predicted octanol–water partition coefficient (Wildman–Crippen LogP) is 5.42. The minimum atomic E-state index is -0.805. The van der Waals surface area contributed by atoms with Crippen LogP contribution in [0.2, 0.25) is 5.02 Å². The third kappa shape index (κ3) is 6.84. The molecular weight excluding hydrogens is 479 g/mol. The maximum absolute atomic E-state index is 12.6. The Bertz CT molecular complexity index is 1060. The quantitative estimate of drug-likeness (QED) is 0.330. The highest BCUT2D eigenvalue weighted by molar-refractivity contribution is 6.32. The number of aliphatic hydroxyl groups is 1. The van der Waals surface area contributed by atoms with E-state index in [1.807, 2.05) is 49.4 Å². The van der Waals surface area contributed by atoms with Gasteiger partial charge in [0.1, 0.15) is 36.6 Å². The first-order valence-electron chi connectivity index (χ1n) is 11.1. The van der Waals surface area contributed by atoms with E-state index >= 15 is 0 Å². The van der Waals surface area contributed by atoms with Crippen molar-refractivity contribution < 1.29 is 19.0 Å². The first-order valence-corrected chi connectivity index (χ1v) is 12.0. The number of ether oxygens (including phenoxy) is 2. The van der Waals surface area contributed by atoms with E-state index in [1.165, 1.54) is 10.9 Å². The molecule has 0 bridgehead atoms. The summed E-state index contributed by atoms with van der Waals surface area (Å²) < 4.78 is 25.5. The van der Waals surface area contributed by atoms with E-state index < -0.39 is 12.8 Å². The van der Waals surface area contributed by atoms with Crippen molar-refractivity contribution >= 4 is 23.2 Å². The summed E-state index contributed by atoms with van der Waals surface area (Å²) in [5, 5.41) is 18.2. The predicted molar refractivity (Wildman–Crippen MR) is 132 cm³/mol. The number of rotatable bonds is 12. The molecular formula is C25H30Cl2FN3O3. The molecule has 34 heavy (non-hydrogen) atoms. The van der Waals surface area contributed by atoms with E-state index in [9.17, 15) is 9.50 Å². The minimum Gasteiger partial charge on any atom is -0.492 e. The van der Waals surface area contributed by atoms with Crippen LogP contribution >= 0.6 is 23.2 Å². The van der Waals surface area contributed by atoms with Crippen LogP contribution in [0, 0.1) is 5.92 Å². The standard InChI is InChI=1S/C25H30Cl2FN3O3/c1-17(11-26)15-34-24-9-6-19(10-23(24)27)25(2,3)18-4-7-22(8-5-18)33-16-21(32)14-31-13-20(12-28)29-30-31/h4-10,13,17,21,32H,11-12,14-16H2,1-3H3/t17-,21-/m1/s1/i28-1. The first-order chi connectivity index (χ1) is 16.2. The van der Waals surface area contributed by atoms with Crippen molar-refractivity contribution in [1.29, 1.82) is 0 Å². The summed E-state index contributed by atoms with van der Waals surface area (Å²) in [5.41, 5.74) is 2.07. The van der Waals surface area contributed by atoms with Gasteiger partial charge in [0.05, 0.1) is 24.4 Å². The Kier molecular flexibility index (Phi) is 9.17. The Morgan fingerprint density at radius 1 is 1.09 bits per heavy atom. The van der Waals surface area contributed by atoms with Crippen LogP contribution in [0.5, 0.6) is 11.5 Å². The normalized spacial score (nSPS) is 13.5. The summed E-state index contributed by atoms with van der Waals surface area (Å²) in [6.45, 7) is 6.34. The summed E-state index contributed by atoms with van der Waals surface area (Å²) in [7, 11) is 0. The van der Waals surface area contributed by atoms with Crippen LogP contribution in [0.3, 0.4) is 0 Å². The van der Waals surface area contributed by atoms with Gasteiger partial charge in [0.2, 0.25) is 0 Å². The molecule has 0 fully saturated rings. The maximum Gasteiger partial charge on any atom is 0.137 e. The zero-order valence-corrected chi connectivity index (χ0v) is 21.1. The van der Waals surface area contributed by atoms with Gasteiger partial charge in [0.15, 0.2) is 0 Å². The summed E-state index contributed by atoms with van der Waals surface area (Å²) in [6, 6.07) is 13.6. The van der Waals surface area contributed by atoms with Crippen LogP contribution in [0.15, 0.2) is 48.7 Å². The highest BCUT2D eigenvalue weighted by Crippen LogP contribution is 2.36. The molecule has 0 amide bonds. The van der Waals surface area contributed by atoms with Gasteiger partial charge in [-0.25, -0.2) is 9.07 Å². The number of hydrogen-bond acceptors (Lipinski definition) is 5. The van der Waals surface area contributed by atoms with Gasteiger partial charge in [-0.2, -0.15) is 0 Å². The highest BCUT2D eigenvalue weighted by atomic mass is 35.5. The molecule has 0 saturated carbocycles.